The predicted molar refractivity (Wildman–Crippen MR) is 20.0 cm³/mol. The topological polar surface area (TPSA) is 60.7 Å². The zero-order chi connectivity index (χ0) is 5.21. The van der Waals surface area contributed by atoms with Crippen molar-refractivity contribution in [3.05, 3.63) is 0 Å². The van der Waals surface area contributed by atoms with Gasteiger partial charge in [-0.2, -0.15) is 0 Å². The van der Waals surface area contributed by atoms with Crippen LogP contribution in [0.15, 0.2) is 0 Å². The SMILES string of the molecule is [B]C(O)(O)CO. The molecule has 3 N–H and O–H groups in total. The Bertz CT molecular complexity index is 38.5. The predicted octanol–water partition coefficient (Wildman–Crippen LogP) is -2.21. The van der Waals surface area contributed by atoms with Gasteiger partial charge in [0.05, 0.1) is 6.61 Å². The van der Waals surface area contributed by atoms with Crippen LogP contribution < -0.4 is 0 Å². The van der Waals surface area contributed by atoms with Crippen LogP contribution in [0.4, 0.5) is 0 Å². The molecule has 0 rings (SSSR count). The van der Waals surface area contributed by atoms with Crippen molar-refractivity contribution < 1.29 is 15.3 Å². The zero-order valence-corrected chi connectivity index (χ0v) is 3.13. The number of hydrogen-bond acceptors (Lipinski definition) is 3. The Labute approximate surface area is 36.6 Å². The number of hydrogen-bond donors (Lipinski definition) is 3. The lowest BCUT2D eigenvalue weighted by Crippen LogP contribution is -2.32. The molecule has 0 unspecified atom stereocenters. The Morgan fingerprint density at radius 3 is 1.67 bits per heavy atom. The molecule has 0 bridgehead atoms. The largest absolute Gasteiger partial charge is 0.392 e. The minimum Gasteiger partial charge on any atom is -0.392 e. The molecule has 0 aliphatic rings. The minimum atomic E-state index is -2.40. The lowest BCUT2D eigenvalue weighted by Gasteiger charge is -2.09. The summed E-state index contributed by atoms with van der Waals surface area (Å²) in [7, 11) is 4.40. The first-order valence-corrected chi connectivity index (χ1v) is 1.41. The van der Waals surface area contributed by atoms with Crippen LogP contribution >= 0.6 is 0 Å². The first-order valence-electron chi connectivity index (χ1n) is 1.41. The summed E-state index contributed by atoms with van der Waals surface area (Å²) in [5.74, 6) is 0. The van der Waals surface area contributed by atoms with E-state index in [4.69, 9.17) is 15.3 Å². The van der Waals surface area contributed by atoms with Gasteiger partial charge in [-0.1, -0.05) is 0 Å². The standard InChI is InChI=1S/C2H5BO3/c3-2(5,6)1-4/h4-6H,1H2. The van der Waals surface area contributed by atoms with Gasteiger partial charge >= 0.3 is 0 Å². The summed E-state index contributed by atoms with van der Waals surface area (Å²) in [6.45, 7) is -0.840. The molecule has 0 saturated heterocycles. The second kappa shape index (κ2) is 1.60. The summed E-state index contributed by atoms with van der Waals surface area (Å²) < 4.78 is 0. The summed E-state index contributed by atoms with van der Waals surface area (Å²) in [5.41, 5.74) is -2.40. The molecule has 3 nitrogen and oxygen atoms in total. The molecule has 0 atom stereocenters. The Hall–Kier alpha value is -0.0551. The van der Waals surface area contributed by atoms with Gasteiger partial charge in [-0.05, 0) is 0 Å². The lowest BCUT2D eigenvalue weighted by molar-refractivity contribution is -0.116. The molecule has 0 aromatic rings. The smallest absolute Gasteiger partial charge is 0.156 e. The van der Waals surface area contributed by atoms with Gasteiger partial charge in [-0.25, -0.2) is 0 Å². The van der Waals surface area contributed by atoms with E-state index in [0.29, 0.717) is 0 Å². The molecule has 0 fully saturated rings. The third-order valence-electron chi connectivity index (χ3n) is 0.233. The van der Waals surface area contributed by atoms with Crippen LogP contribution in [-0.4, -0.2) is 35.5 Å². The fraction of sp³-hybridized carbons (Fsp3) is 1.00. The first-order chi connectivity index (χ1) is 2.56. The second-order valence-corrected chi connectivity index (χ2v) is 1.04. The maximum absolute atomic E-state index is 7.91. The van der Waals surface area contributed by atoms with Gasteiger partial charge in [0.2, 0.25) is 0 Å². The van der Waals surface area contributed by atoms with Crippen molar-refractivity contribution in [1.29, 1.82) is 0 Å². The van der Waals surface area contributed by atoms with Gasteiger partial charge in [0, 0.05) is 0 Å². The maximum Gasteiger partial charge on any atom is 0.156 e. The Balaban J connectivity index is 3.17. The van der Waals surface area contributed by atoms with E-state index in [0.717, 1.165) is 0 Å². The number of rotatable bonds is 1. The highest BCUT2D eigenvalue weighted by Gasteiger charge is 2.09. The highest BCUT2D eigenvalue weighted by molar-refractivity contribution is 6.12. The van der Waals surface area contributed by atoms with E-state index in [1.54, 1.807) is 0 Å². The Morgan fingerprint density at radius 1 is 1.50 bits per heavy atom. The first kappa shape index (κ1) is 5.94. The van der Waals surface area contributed by atoms with Gasteiger partial charge in [0.25, 0.3) is 0 Å². The highest BCUT2D eigenvalue weighted by Crippen LogP contribution is 1.83. The van der Waals surface area contributed by atoms with Crippen molar-refractivity contribution in [2.75, 3.05) is 6.61 Å². The molecular weight excluding hydrogens is 82.8 g/mol. The third-order valence-corrected chi connectivity index (χ3v) is 0.233. The van der Waals surface area contributed by atoms with E-state index in [1.165, 1.54) is 0 Å². The van der Waals surface area contributed by atoms with Gasteiger partial charge in [0.1, 0.15) is 5.69 Å². The lowest BCUT2D eigenvalue weighted by atomic mass is 9.97. The highest BCUT2D eigenvalue weighted by atomic mass is 16.5. The van der Waals surface area contributed by atoms with Crippen LogP contribution in [0.25, 0.3) is 0 Å². The third kappa shape index (κ3) is 3.94. The van der Waals surface area contributed by atoms with E-state index < -0.39 is 12.3 Å². The molecule has 0 aromatic carbocycles. The molecule has 2 radical (unpaired) electrons. The van der Waals surface area contributed by atoms with Crippen LogP contribution in [-0.2, 0) is 0 Å². The van der Waals surface area contributed by atoms with Crippen LogP contribution in [0.2, 0.25) is 0 Å². The van der Waals surface area contributed by atoms with Crippen molar-refractivity contribution in [3.8, 4) is 0 Å². The Morgan fingerprint density at radius 2 is 1.67 bits per heavy atom. The molecule has 4 heteroatoms. The summed E-state index contributed by atoms with van der Waals surface area (Å²) >= 11 is 0. The van der Waals surface area contributed by atoms with Gasteiger partial charge < -0.3 is 15.3 Å². The molecule has 0 aliphatic carbocycles. The van der Waals surface area contributed by atoms with Gasteiger partial charge in [-0.15, -0.1) is 0 Å². The molecule has 34 valence electrons. The summed E-state index contributed by atoms with van der Waals surface area (Å²) in [6, 6.07) is 0. The fourth-order valence-corrected chi connectivity index (χ4v) is 0. The average Bonchev–Trinajstić information content (AvgIpc) is 1.35. The fourth-order valence-electron chi connectivity index (χ4n) is 0. The van der Waals surface area contributed by atoms with Crippen LogP contribution in [0.5, 0.6) is 0 Å². The van der Waals surface area contributed by atoms with Crippen LogP contribution in [0.3, 0.4) is 0 Å². The Kier molecular flexibility index (Phi) is 1.58. The number of aliphatic hydroxyl groups is 3. The summed E-state index contributed by atoms with van der Waals surface area (Å²) in [6.07, 6.45) is 0. The summed E-state index contributed by atoms with van der Waals surface area (Å²) in [4.78, 5) is 0. The van der Waals surface area contributed by atoms with Crippen molar-refractivity contribution in [1.82, 2.24) is 0 Å². The minimum absolute atomic E-state index is 0.840. The van der Waals surface area contributed by atoms with Crippen molar-refractivity contribution in [2.45, 2.75) is 5.69 Å². The molecule has 0 heterocycles. The van der Waals surface area contributed by atoms with Gasteiger partial charge in [0.15, 0.2) is 7.85 Å². The van der Waals surface area contributed by atoms with Crippen molar-refractivity contribution in [3.63, 3.8) is 0 Å². The maximum atomic E-state index is 7.91. The quantitative estimate of drug-likeness (QED) is 0.251. The monoisotopic (exact) mass is 88.0 g/mol. The molecule has 0 aromatic heterocycles. The van der Waals surface area contributed by atoms with Crippen LogP contribution in [0, 0.1) is 0 Å². The van der Waals surface area contributed by atoms with Crippen LogP contribution in [0.1, 0.15) is 0 Å². The molecule has 6 heavy (non-hydrogen) atoms. The molecule has 0 saturated carbocycles. The summed E-state index contributed by atoms with van der Waals surface area (Å²) in [5, 5.41) is 23.6. The molecule has 0 aliphatic heterocycles. The average molecular weight is 87.9 g/mol. The normalized spacial score (nSPS) is 11.8. The van der Waals surface area contributed by atoms with E-state index >= 15 is 0 Å². The van der Waals surface area contributed by atoms with E-state index in [1.807, 2.05) is 0 Å². The van der Waals surface area contributed by atoms with E-state index in [9.17, 15) is 0 Å². The van der Waals surface area contributed by atoms with E-state index in [2.05, 4.69) is 7.85 Å². The molecule has 0 spiro atoms. The van der Waals surface area contributed by atoms with Gasteiger partial charge in [-0.3, -0.25) is 0 Å². The second-order valence-electron chi connectivity index (χ2n) is 1.04. The number of aliphatic hydroxyl groups excluding tert-OH is 1. The zero-order valence-electron chi connectivity index (χ0n) is 3.13. The molecular formula is C2H5BO3. The molecule has 0 amide bonds. The van der Waals surface area contributed by atoms with E-state index in [-0.39, 0.29) is 0 Å². The van der Waals surface area contributed by atoms with Crippen molar-refractivity contribution >= 4 is 7.85 Å². The van der Waals surface area contributed by atoms with Crippen molar-refractivity contribution in [2.24, 2.45) is 0 Å².